The molecule has 7 nitrogen and oxygen atoms in total. The number of rotatable bonds is 7. The number of ether oxygens (including phenoxy) is 2. The average Bonchev–Trinajstić information content (AvgIpc) is 2.61. The quantitative estimate of drug-likeness (QED) is 0.765. The van der Waals surface area contributed by atoms with E-state index in [0.29, 0.717) is 11.4 Å². The summed E-state index contributed by atoms with van der Waals surface area (Å²) in [6.07, 6.45) is 0. The molecule has 0 aliphatic heterocycles. The van der Waals surface area contributed by atoms with Crippen LogP contribution in [-0.2, 0) is 14.8 Å². The second-order valence-electron chi connectivity index (χ2n) is 5.36. The number of methoxy groups -OCH3 is 2. The molecule has 26 heavy (non-hydrogen) atoms. The van der Waals surface area contributed by atoms with E-state index in [1.165, 1.54) is 27.2 Å². The number of carbonyl (C=O) groups excluding carboxylic acids is 1. The number of nitrogens with one attached hydrogen (secondary N) is 2. The average molecular weight is 382 g/mol. The highest BCUT2D eigenvalue weighted by Gasteiger charge is 2.25. The molecule has 0 saturated heterocycles. The van der Waals surface area contributed by atoms with Crippen LogP contribution in [-0.4, -0.2) is 34.6 Å². The number of halogens is 1. The molecule has 0 bridgehead atoms. The van der Waals surface area contributed by atoms with Gasteiger partial charge in [0, 0.05) is 11.8 Å². The Balaban J connectivity index is 2.16. The fraction of sp³-hybridized carbons (Fsp3) is 0.235. The Labute approximate surface area is 151 Å². The van der Waals surface area contributed by atoms with E-state index in [2.05, 4.69) is 10.0 Å². The Bertz CT molecular complexity index is 902. The Morgan fingerprint density at radius 3 is 2.50 bits per heavy atom. The number of anilines is 1. The van der Waals surface area contributed by atoms with Crippen LogP contribution in [0, 0.1) is 5.82 Å². The van der Waals surface area contributed by atoms with E-state index in [9.17, 15) is 17.6 Å². The molecule has 2 aromatic carbocycles. The number of carbonyl (C=O) groups is 1. The minimum Gasteiger partial charge on any atom is -0.497 e. The molecule has 0 saturated carbocycles. The molecule has 140 valence electrons. The van der Waals surface area contributed by atoms with Gasteiger partial charge in [-0.1, -0.05) is 6.07 Å². The van der Waals surface area contributed by atoms with Crippen LogP contribution in [0.1, 0.15) is 6.92 Å². The highest BCUT2D eigenvalue weighted by molar-refractivity contribution is 7.89. The molecular weight excluding hydrogens is 363 g/mol. The van der Waals surface area contributed by atoms with Gasteiger partial charge in [0.15, 0.2) is 0 Å². The molecule has 0 heterocycles. The third kappa shape index (κ3) is 4.70. The van der Waals surface area contributed by atoms with Crippen LogP contribution in [0.5, 0.6) is 11.5 Å². The molecule has 0 fully saturated rings. The van der Waals surface area contributed by atoms with E-state index in [1.807, 2.05) is 0 Å². The van der Waals surface area contributed by atoms with Gasteiger partial charge in [-0.2, -0.15) is 4.72 Å². The van der Waals surface area contributed by atoms with Gasteiger partial charge in [0.25, 0.3) is 0 Å². The van der Waals surface area contributed by atoms with Gasteiger partial charge in [0.05, 0.1) is 20.3 Å². The summed E-state index contributed by atoms with van der Waals surface area (Å²) in [7, 11) is -1.42. The summed E-state index contributed by atoms with van der Waals surface area (Å²) in [6.45, 7) is 1.37. The van der Waals surface area contributed by atoms with Gasteiger partial charge in [-0.3, -0.25) is 4.79 Å². The standard InChI is InChI=1S/C17H19FN2O5S/c1-11(17(21)19-13-5-4-6-14(10-13)24-2)20-26(22,23)16-9-12(18)7-8-15(16)25-3/h4-11,20H,1-3H3,(H,19,21). The van der Waals surface area contributed by atoms with Crippen LogP contribution < -0.4 is 19.5 Å². The van der Waals surface area contributed by atoms with E-state index in [4.69, 9.17) is 9.47 Å². The highest BCUT2D eigenvalue weighted by Crippen LogP contribution is 2.24. The van der Waals surface area contributed by atoms with E-state index < -0.39 is 27.8 Å². The van der Waals surface area contributed by atoms with Crippen molar-refractivity contribution >= 4 is 21.6 Å². The predicted octanol–water partition coefficient (Wildman–Crippen LogP) is 2.15. The topological polar surface area (TPSA) is 93.7 Å². The van der Waals surface area contributed by atoms with Crippen molar-refractivity contribution in [3.05, 3.63) is 48.3 Å². The van der Waals surface area contributed by atoms with E-state index in [-0.39, 0.29) is 10.6 Å². The molecule has 2 rings (SSSR count). The maximum Gasteiger partial charge on any atom is 0.245 e. The van der Waals surface area contributed by atoms with Crippen molar-refractivity contribution in [2.75, 3.05) is 19.5 Å². The molecule has 2 aromatic rings. The minimum absolute atomic E-state index is 0.0284. The van der Waals surface area contributed by atoms with Crippen molar-refractivity contribution in [1.82, 2.24) is 4.72 Å². The largest absolute Gasteiger partial charge is 0.497 e. The zero-order valence-corrected chi connectivity index (χ0v) is 15.3. The molecular formula is C17H19FN2O5S. The van der Waals surface area contributed by atoms with Gasteiger partial charge in [0.1, 0.15) is 22.2 Å². The molecule has 0 aliphatic carbocycles. The van der Waals surface area contributed by atoms with Crippen LogP contribution in [0.2, 0.25) is 0 Å². The van der Waals surface area contributed by atoms with Crippen LogP contribution in [0.4, 0.5) is 10.1 Å². The van der Waals surface area contributed by atoms with Gasteiger partial charge < -0.3 is 14.8 Å². The lowest BCUT2D eigenvalue weighted by Crippen LogP contribution is -2.41. The zero-order chi connectivity index (χ0) is 19.3. The van der Waals surface area contributed by atoms with Crippen molar-refractivity contribution < 1.29 is 27.1 Å². The summed E-state index contributed by atoms with van der Waals surface area (Å²) >= 11 is 0. The summed E-state index contributed by atoms with van der Waals surface area (Å²) in [6, 6.07) is 8.61. The van der Waals surface area contributed by atoms with Gasteiger partial charge in [-0.25, -0.2) is 12.8 Å². The molecule has 2 N–H and O–H groups in total. The molecule has 1 atom stereocenters. The first-order valence-corrected chi connectivity index (χ1v) is 9.06. The van der Waals surface area contributed by atoms with Gasteiger partial charge in [0.2, 0.25) is 15.9 Å². The van der Waals surface area contributed by atoms with Crippen LogP contribution in [0.3, 0.4) is 0 Å². The SMILES string of the molecule is COc1cccc(NC(=O)C(C)NS(=O)(=O)c2cc(F)ccc2OC)c1. The molecule has 9 heteroatoms. The lowest BCUT2D eigenvalue weighted by atomic mass is 10.2. The van der Waals surface area contributed by atoms with Gasteiger partial charge in [-0.05, 0) is 37.3 Å². The highest BCUT2D eigenvalue weighted by atomic mass is 32.2. The van der Waals surface area contributed by atoms with Crippen molar-refractivity contribution in [3.8, 4) is 11.5 Å². The predicted molar refractivity (Wildman–Crippen MR) is 94.4 cm³/mol. The van der Waals surface area contributed by atoms with Crippen molar-refractivity contribution in [2.24, 2.45) is 0 Å². The molecule has 0 radical (unpaired) electrons. The molecule has 0 spiro atoms. The summed E-state index contributed by atoms with van der Waals surface area (Å²) in [5.41, 5.74) is 0.448. The lowest BCUT2D eigenvalue weighted by Gasteiger charge is -2.16. The first kappa shape index (κ1) is 19.7. The maximum absolute atomic E-state index is 13.4. The second kappa shape index (κ2) is 8.15. The smallest absolute Gasteiger partial charge is 0.245 e. The van der Waals surface area contributed by atoms with Gasteiger partial charge >= 0.3 is 0 Å². The summed E-state index contributed by atoms with van der Waals surface area (Å²) < 4.78 is 50.6. The van der Waals surface area contributed by atoms with Crippen molar-refractivity contribution in [1.29, 1.82) is 0 Å². The Hall–Kier alpha value is -2.65. The van der Waals surface area contributed by atoms with Crippen LogP contribution >= 0.6 is 0 Å². The monoisotopic (exact) mass is 382 g/mol. The third-order valence-electron chi connectivity index (χ3n) is 3.48. The van der Waals surface area contributed by atoms with Crippen molar-refractivity contribution in [2.45, 2.75) is 17.9 Å². The fourth-order valence-electron chi connectivity index (χ4n) is 2.16. The zero-order valence-electron chi connectivity index (χ0n) is 14.4. The van der Waals surface area contributed by atoms with Crippen LogP contribution in [0.15, 0.2) is 47.4 Å². The van der Waals surface area contributed by atoms with Gasteiger partial charge in [-0.15, -0.1) is 0 Å². The van der Waals surface area contributed by atoms with E-state index >= 15 is 0 Å². The minimum atomic E-state index is -4.18. The number of sulfonamides is 1. The number of hydrogen-bond donors (Lipinski definition) is 2. The lowest BCUT2D eigenvalue weighted by molar-refractivity contribution is -0.117. The van der Waals surface area contributed by atoms with Crippen molar-refractivity contribution in [3.63, 3.8) is 0 Å². The van der Waals surface area contributed by atoms with E-state index in [0.717, 1.165) is 12.1 Å². The Kier molecular flexibility index (Phi) is 6.17. The second-order valence-corrected chi connectivity index (χ2v) is 7.04. The number of amides is 1. The number of hydrogen-bond acceptors (Lipinski definition) is 5. The first-order chi connectivity index (χ1) is 12.3. The van der Waals surface area contributed by atoms with E-state index in [1.54, 1.807) is 24.3 Å². The first-order valence-electron chi connectivity index (χ1n) is 7.57. The molecule has 1 unspecified atom stereocenters. The summed E-state index contributed by atoms with van der Waals surface area (Å²) in [5, 5.41) is 2.58. The summed E-state index contributed by atoms with van der Waals surface area (Å²) in [5.74, 6) is -0.809. The molecule has 1 amide bonds. The molecule has 0 aliphatic rings. The summed E-state index contributed by atoms with van der Waals surface area (Å²) in [4.78, 5) is 11.9. The third-order valence-corrected chi connectivity index (χ3v) is 5.04. The fourth-order valence-corrected chi connectivity index (χ4v) is 3.55. The Morgan fingerprint density at radius 2 is 1.85 bits per heavy atom. The molecule has 0 aromatic heterocycles. The normalized spacial score (nSPS) is 12.3. The Morgan fingerprint density at radius 1 is 1.12 bits per heavy atom. The van der Waals surface area contributed by atoms with Crippen LogP contribution in [0.25, 0.3) is 0 Å². The maximum atomic E-state index is 13.4. The number of benzene rings is 2.